The maximum Gasteiger partial charge on any atom is 0.341 e. The van der Waals surface area contributed by atoms with E-state index in [0.29, 0.717) is 17.9 Å². The number of rotatable bonds is 5. The monoisotopic (exact) mass is 355 g/mol. The van der Waals surface area contributed by atoms with Crippen LogP contribution in [0.5, 0.6) is 11.5 Å². The highest BCUT2D eigenvalue weighted by molar-refractivity contribution is 6.07. The Balaban J connectivity index is 1.87. The molecule has 1 amide bonds. The normalized spacial score (nSPS) is 12.7. The number of nitrogens with zero attached hydrogens (tertiary/aromatic N) is 1. The Kier molecular flexibility index (Phi) is 4.84. The lowest BCUT2D eigenvalue weighted by Gasteiger charge is -2.19. The van der Waals surface area contributed by atoms with Crippen molar-refractivity contribution in [3.8, 4) is 11.5 Å². The van der Waals surface area contributed by atoms with Crippen LogP contribution in [0.3, 0.4) is 0 Å². The van der Waals surface area contributed by atoms with Gasteiger partial charge in [0.25, 0.3) is 5.91 Å². The van der Waals surface area contributed by atoms with E-state index >= 15 is 0 Å². The Morgan fingerprint density at radius 1 is 1.15 bits per heavy atom. The zero-order valence-electron chi connectivity index (χ0n) is 15.0. The van der Waals surface area contributed by atoms with Crippen molar-refractivity contribution in [1.82, 2.24) is 0 Å². The van der Waals surface area contributed by atoms with E-state index < -0.39 is 12.6 Å². The number of carboxylic acids is 1. The van der Waals surface area contributed by atoms with Crippen molar-refractivity contribution in [2.75, 3.05) is 25.2 Å². The van der Waals surface area contributed by atoms with Crippen LogP contribution in [0.2, 0.25) is 0 Å². The van der Waals surface area contributed by atoms with Gasteiger partial charge < -0.3 is 19.5 Å². The van der Waals surface area contributed by atoms with E-state index in [1.54, 1.807) is 24.1 Å². The van der Waals surface area contributed by atoms with Crippen LogP contribution in [-0.2, 0) is 11.2 Å². The lowest BCUT2D eigenvalue weighted by Crippen LogP contribution is -2.29. The summed E-state index contributed by atoms with van der Waals surface area (Å²) in [6.07, 6.45) is 0.788. The number of hydrogen-bond acceptors (Lipinski definition) is 4. The van der Waals surface area contributed by atoms with Gasteiger partial charge in [-0.15, -0.1) is 0 Å². The predicted molar refractivity (Wildman–Crippen MR) is 97.4 cm³/mol. The number of aliphatic carboxylic acids is 1. The summed E-state index contributed by atoms with van der Waals surface area (Å²) in [5, 5.41) is 8.78. The number of carbonyl (C=O) groups is 2. The van der Waals surface area contributed by atoms with Gasteiger partial charge >= 0.3 is 5.97 Å². The van der Waals surface area contributed by atoms with E-state index in [1.807, 2.05) is 32.0 Å². The first-order chi connectivity index (χ1) is 12.4. The minimum Gasteiger partial charge on any atom is -0.497 e. The first-order valence-electron chi connectivity index (χ1n) is 8.35. The highest BCUT2D eigenvalue weighted by atomic mass is 16.5. The average Bonchev–Trinajstić information content (AvgIpc) is 3.02. The number of carbonyl (C=O) groups excluding carboxylic acids is 1. The van der Waals surface area contributed by atoms with Crippen molar-refractivity contribution in [3.05, 3.63) is 52.6 Å². The zero-order valence-corrected chi connectivity index (χ0v) is 15.0. The Morgan fingerprint density at radius 2 is 1.85 bits per heavy atom. The third-order valence-electron chi connectivity index (χ3n) is 4.47. The number of anilines is 1. The van der Waals surface area contributed by atoms with Crippen LogP contribution in [0.4, 0.5) is 5.69 Å². The molecule has 26 heavy (non-hydrogen) atoms. The molecule has 0 radical (unpaired) electrons. The molecule has 6 nitrogen and oxygen atoms in total. The zero-order chi connectivity index (χ0) is 18.8. The molecule has 0 aliphatic carbocycles. The maximum atomic E-state index is 13.0. The number of fused-ring (bicyclic) bond motifs is 1. The number of aryl methyl sites for hydroxylation is 2. The number of ether oxygens (including phenoxy) is 2. The summed E-state index contributed by atoms with van der Waals surface area (Å²) >= 11 is 0. The first kappa shape index (κ1) is 17.8. The van der Waals surface area contributed by atoms with Crippen LogP contribution in [0.1, 0.15) is 27.0 Å². The molecule has 2 aromatic rings. The highest BCUT2D eigenvalue weighted by Crippen LogP contribution is 2.33. The van der Waals surface area contributed by atoms with Crippen molar-refractivity contribution in [2.45, 2.75) is 20.3 Å². The van der Waals surface area contributed by atoms with E-state index in [1.165, 1.54) is 0 Å². The van der Waals surface area contributed by atoms with Crippen molar-refractivity contribution in [1.29, 1.82) is 0 Å². The lowest BCUT2D eigenvalue weighted by atomic mass is 10.0. The SMILES string of the molecule is COc1ccc2c(c1)CCN2C(=O)c1cc(C)c(OCC(=O)O)c(C)c1. The summed E-state index contributed by atoms with van der Waals surface area (Å²) < 4.78 is 10.6. The molecule has 1 heterocycles. The second-order valence-corrected chi connectivity index (χ2v) is 6.32. The fourth-order valence-corrected chi connectivity index (χ4v) is 3.31. The Morgan fingerprint density at radius 3 is 2.46 bits per heavy atom. The second kappa shape index (κ2) is 7.07. The summed E-state index contributed by atoms with van der Waals surface area (Å²) in [7, 11) is 1.62. The van der Waals surface area contributed by atoms with E-state index in [2.05, 4.69) is 0 Å². The molecule has 1 N–H and O–H groups in total. The molecular weight excluding hydrogens is 334 g/mol. The smallest absolute Gasteiger partial charge is 0.341 e. The number of carboxylic acid groups (broad SMARTS) is 1. The van der Waals surface area contributed by atoms with Gasteiger partial charge in [-0.05, 0) is 67.3 Å². The van der Waals surface area contributed by atoms with E-state index in [-0.39, 0.29) is 5.91 Å². The summed E-state index contributed by atoms with van der Waals surface area (Å²) in [6, 6.07) is 9.21. The molecule has 136 valence electrons. The summed E-state index contributed by atoms with van der Waals surface area (Å²) in [5.41, 5.74) is 4.03. The van der Waals surface area contributed by atoms with Gasteiger partial charge in [0.15, 0.2) is 6.61 Å². The highest BCUT2D eigenvalue weighted by Gasteiger charge is 2.26. The Labute approximate surface area is 152 Å². The van der Waals surface area contributed by atoms with Gasteiger partial charge in [0.1, 0.15) is 11.5 Å². The van der Waals surface area contributed by atoms with Crippen LogP contribution < -0.4 is 14.4 Å². The van der Waals surface area contributed by atoms with Gasteiger partial charge in [0, 0.05) is 17.8 Å². The largest absolute Gasteiger partial charge is 0.497 e. The third kappa shape index (κ3) is 3.35. The summed E-state index contributed by atoms with van der Waals surface area (Å²) in [6.45, 7) is 3.83. The standard InChI is InChI=1S/C20H21NO5/c1-12-8-15(9-13(2)19(12)26-11-18(22)23)20(24)21-7-6-14-10-16(25-3)4-5-17(14)21/h4-5,8-10H,6-7,11H2,1-3H3,(H,22,23). The molecule has 1 aliphatic rings. The van der Waals surface area contributed by atoms with Crippen LogP contribution in [0.15, 0.2) is 30.3 Å². The van der Waals surface area contributed by atoms with Gasteiger partial charge in [0.05, 0.1) is 7.11 Å². The van der Waals surface area contributed by atoms with Gasteiger partial charge in [-0.2, -0.15) is 0 Å². The molecule has 0 aromatic heterocycles. The fraction of sp³-hybridized carbons (Fsp3) is 0.300. The van der Waals surface area contributed by atoms with Gasteiger partial charge in [0.2, 0.25) is 0 Å². The fourth-order valence-electron chi connectivity index (χ4n) is 3.31. The van der Waals surface area contributed by atoms with E-state index in [4.69, 9.17) is 14.6 Å². The minimum absolute atomic E-state index is 0.0788. The molecule has 0 bridgehead atoms. The molecule has 3 rings (SSSR count). The van der Waals surface area contributed by atoms with E-state index in [0.717, 1.165) is 34.5 Å². The van der Waals surface area contributed by atoms with Crippen LogP contribution >= 0.6 is 0 Å². The van der Waals surface area contributed by atoms with Crippen LogP contribution in [0, 0.1) is 13.8 Å². The number of hydrogen-bond donors (Lipinski definition) is 1. The molecule has 0 atom stereocenters. The molecule has 1 aliphatic heterocycles. The predicted octanol–water partition coefficient (Wildman–Crippen LogP) is 2.98. The topological polar surface area (TPSA) is 76.1 Å². The van der Waals surface area contributed by atoms with Crippen molar-refractivity contribution in [3.63, 3.8) is 0 Å². The second-order valence-electron chi connectivity index (χ2n) is 6.32. The Hall–Kier alpha value is -3.02. The maximum absolute atomic E-state index is 13.0. The number of amides is 1. The van der Waals surface area contributed by atoms with Crippen molar-refractivity contribution >= 4 is 17.6 Å². The molecule has 2 aromatic carbocycles. The van der Waals surface area contributed by atoms with Gasteiger partial charge in [-0.3, -0.25) is 4.79 Å². The molecule has 0 saturated heterocycles. The third-order valence-corrected chi connectivity index (χ3v) is 4.47. The molecule has 0 saturated carbocycles. The van der Waals surface area contributed by atoms with Crippen molar-refractivity contribution in [2.24, 2.45) is 0 Å². The molecule has 6 heteroatoms. The summed E-state index contributed by atoms with van der Waals surface area (Å²) in [5.74, 6) is 0.179. The van der Waals surface area contributed by atoms with Gasteiger partial charge in [-0.1, -0.05) is 0 Å². The molecule has 0 unspecified atom stereocenters. The Bertz CT molecular complexity index is 851. The van der Waals surface area contributed by atoms with E-state index in [9.17, 15) is 9.59 Å². The van der Waals surface area contributed by atoms with Gasteiger partial charge in [-0.25, -0.2) is 4.79 Å². The quantitative estimate of drug-likeness (QED) is 0.892. The van der Waals surface area contributed by atoms with Crippen molar-refractivity contribution < 1.29 is 24.2 Å². The van der Waals surface area contributed by atoms with Crippen LogP contribution in [0.25, 0.3) is 0 Å². The number of benzene rings is 2. The average molecular weight is 355 g/mol. The lowest BCUT2D eigenvalue weighted by molar-refractivity contribution is -0.139. The number of methoxy groups -OCH3 is 1. The van der Waals surface area contributed by atoms with Crippen LogP contribution in [-0.4, -0.2) is 37.2 Å². The molecule has 0 spiro atoms. The first-order valence-corrected chi connectivity index (χ1v) is 8.35. The molecular formula is C20H21NO5. The summed E-state index contributed by atoms with van der Waals surface area (Å²) in [4.78, 5) is 25.5. The molecule has 0 fully saturated rings. The minimum atomic E-state index is -1.03.